The van der Waals surface area contributed by atoms with Gasteiger partial charge in [-0.2, -0.15) is 0 Å². The molecule has 6 nitrogen and oxygen atoms in total. The minimum absolute atomic E-state index is 0.293. The molecule has 0 saturated heterocycles. The average Bonchev–Trinajstić information content (AvgIpc) is 2.33. The number of hydrogen-bond acceptors (Lipinski definition) is 5. The van der Waals surface area contributed by atoms with Crippen LogP contribution in [-0.2, 0) is 11.2 Å². The minimum atomic E-state index is -0.322. The third-order valence-corrected chi connectivity index (χ3v) is 2.52. The summed E-state index contributed by atoms with van der Waals surface area (Å²) in [7, 11) is 0. The molecule has 1 amide bonds. The van der Waals surface area contributed by atoms with Crippen LogP contribution in [0.3, 0.4) is 0 Å². The first-order valence-electron chi connectivity index (χ1n) is 6.22. The van der Waals surface area contributed by atoms with E-state index in [4.69, 9.17) is 5.73 Å². The lowest BCUT2D eigenvalue weighted by molar-refractivity contribution is -0.117. The van der Waals surface area contributed by atoms with Gasteiger partial charge in [-0.25, -0.2) is 9.97 Å². The van der Waals surface area contributed by atoms with E-state index < -0.39 is 0 Å². The highest BCUT2D eigenvalue weighted by atomic mass is 16.1. The zero-order chi connectivity index (χ0) is 13.5. The Kier molecular flexibility index (Phi) is 5.35. The van der Waals surface area contributed by atoms with Gasteiger partial charge < -0.3 is 16.4 Å². The Morgan fingerprint density at radius 1 is 1.22 bits per heavy atom. The third kappa shape index (κ3) is 3.87. The molecular formula is C12H21N5O. The lowest BCUT2D eigenvalue weighted by Crippen LogP contribution is -2.17. The highest BCUT2D eigenvalue weighted by Crippen LogP contribution is 2.20. The van der Waals surface area contributed by atoms with Crippen molar-refractivity contribution in [3.8, 4) is 0 Å². The first kappa shape index (κ1) is 14.2. The van der Waals surface area contributed by atoms with Gasteiger partial charge in [-0.3, -0.25) is 4.79 Å². The number of amides is 1. The van der Waals surface area contributed by atoms with Crippen LogP contribution in [0.4, 0.5) is 11.6 Å². The Balaban J connectivity index is 2.87. The number of carbonyl (C=O) groups excluding carboxylic acids is 1. The van der Waals surface area contributed by atoms with Crippen molar-refractivity contribution in [1.82, 2.24) is 9.97 Å². The molecule has 1 heterocycles. The third-order valence-electron chi connectivity index (χ3n) is 2.52. The fraction of sp³-hybridized carbons (Fsp3) is 0.583. The molecule has 0 aliphatic carbocycles. The van der Waals surface area contributed by atoms with Gasteiger partial charge in [0.1, 0.15) is 17.5 Å². The molecule has 0 aliphatic rings. The van der Waals surface area contributed by atoms with Gasteiger partial charge in [0.15, 0.2) is 0 Å². The normalized spacial score (nSPS) is 10.2. The van der Waals surface area contributed by atoms with E-state index in [1.54, 1.807) is 0 Å². The number of nitrogens with zero attached hydrogens (tertiary/aromatic N) is 2. The van der Waals surface area contributed by atoms with Crippen LogP contribution in [0, 0.1) is 6.92 Å². The number of nitrogens with two attached hydrogens (primary N) is 1. The summed E-state index contributed by atoms with van der Waals surface area (Å²) in [6.45, 7) is 7.27. The summed E-state index contributed by atoms with van der Waals surface area (Å²) in [4.78, 5) is 19.6. The van der Waals surface area contributed by atoms with E-state index in [0.29, 0.717) is 13.0 Å². The molecule has 1 rings (SSSR count). The lowest BCUT2D eigenvalue weighted by atomic mass is 10.2. The predicted octanol–water partition coefficient (Wildman–Crippen LogP) is 1.07. The Bertz CT molecular complexity index is 419. The van der Waals surface area contributed by atoms with Crippen LogP contribution in [0.5, 0.6) is 0 Å². The number of anilines is 2. The second-order valence-electron chi connectivity index (χ2n) is 3.99. The molecule has 100 valence electrons. The van der Waals surface area contributed by atoms with Crippen molar-refractivity contribution in [3.63, 3.8) is 0 Å². The number of nitrogens with one attached hydrogen (secondary N) is 2. The van der Waals surface area contributed by atoms with Gasteiger partial charge in [0.05, 0.1) is 0 Å². The topological polar surface area (TPSA) is 92.9 Å². The summed E-state index contributed by atoms with van der Waals surface area (Å²) in [6, 6.07) is 0. The van der Waals surface area contributed by atoms with Crippen molar-refractivity contribution in [3.05, 3.63) is 11.4 Å². The summed E-state index contributed by atoms with van der Waals surface area (Å²) in [5.41, 5.74) is 6.06. The zero-order valence-corrected chi connectivity index (χ0v) is 11.2. The highest BCUT2D eigenvalue weighted by molar-refractivity contribution is 5.74. The molecule has 0 bridgehead atoms. The van der Waals surface area contributed by atoms with Gasteiger partial charge in [-0.05, 0) is 13.8 Å². The molecular weight excluding hydrogens is 230 g/mol. The van der Waals surface area contributed by atoms with E-state index in [2.05, 4.69) is 20.6 Å². The number of primary amides is 1. The van der Waals surface area contributed by atoms with E-state index in [0.717, 1.165) is 36.0 Å². The van der Waals surface area contributed by atoms with Gasteiger partial charge in [0.25, 0.3) is 0 Å². The first-order chi connectivity index (χ1) is 8.58. The molecule has 1 aromatic heterocycles. The molecule has 0 aromatic carbocycles. The van der Waals surface area contributed by atoms with Crippen LogP contribution in [0.1, 0.15) is 31.7 Å². The predicted molar refractivity (Wildman–Crippen MR) is 72.6 cm³/mol. The molecule has 0 atom stereocenters. The van der Waals surface area contributed by atoms with Crippen LogP contribution in [0.2, 0.25) is 0 Å². The van der Waals surface area contributed by atoms with Crippen LogP contribution < -0.4 is 16.4 Å². The van der Waals surface area contributed by atoms with Crippen molar-refractivity contribution in [2.24, 2.45) is 5.73 Å². The summed E-state index contributed by atoms with van der Waals surface area (Å²) in [6.07, 6.45) is 1.06. The summed E-state index contributed by atoms with van der Waals surface area (Å²) in [5, 5.41) is 6.33. The average molecular weight is 251 g/mol. The number of rotatable bonds is 7. The minimum Gasteiger partial charge on any atom is -0.370 e. The van der Waals surface area contributed by atoms with E-state index in [-0.39, 0.29) is 5.91 Å². The van der Waals surface area contributed by atoms with Crippen molar-refractivity contribution < 1.29 is 4.79 Å². The molecule has 18 heavy (non-hydrogen) atoms. The Labute approximate surface area is 107 Å². The quantitative estimate of drug-likeness (QED) is 0.674. The summed E-state index contributed by atoms with van der Waals surface area (Å²) in [5.74, 6) is 2.06. The van der Waals surface area contributed by atoms with Gasteiger partial charge in [-0.1, -0.05) is 6.92 Å². The van der Waals surface area contributed by atoms with Gasteiger partial charge in [0.2, 0.25) is 5.91 Å². The maximum Gasteiger partial charge on any atom is 0.219 e. The second-order valence-corrected chi connectivity index (χ2v) is 3.99. The van der Waals surface area contributed by atoms with Crippen LogP contribution >= 0.6 is 0 Å². The molecule has 0 unspecified atom stereocenters. The van der Waals surface area contributed by atoms with Crippen molar-refractivity contribution in [1.29, 1.82) is 0 Å². The molecule has 4 N–H and O–H groups in total. The first-order valence-corrected chi connectivity index (χ1v) is 6.22. The standard InChI is InChI=1S/C12H21N5O/c1-4-10-16-11(14-5-2)8(3)12(17-10)15-7-6-9(13)18/h4-7H2,1-3H3,(H2,13,18)(H2,14,15,16,17). The van der Waals surface area contributed by atoms with Gasteiger partial charge >= 0.3 is 0 Å². The fourth-order valence-corrected chi connectivity index (χ4v) is 1.54. The molecule has 0 aliphatic heterocycles. The lowest BCUT2D eigenvalue weighted by Gasteiger charge is -2.13. The number of aromatic nitrogens is 2. The van der Waals surface area contributed by atoms with Crippen molar-refractivity contribution >= 4 is 17.5 Å². The smallest absolute Gasteiger partial charge is 0.219 e. The van der Waals surface area contributed by atoms with Gasteiger partial charge in [0, 0.05) is 31.5 Å². The Hall–Kier alpha value is -1.85. The molecule has 0 fully saturated rings. The zero-order valence-electron chi connectivity index (χ0n) is 11.2. The summed E-state index contributed by atoms with van der Waals surface area (Å²) < 4.78 is 0. The summed E-state index contributed by atoms with van der Waals surface area (Å²) >= 11 is 0. The van der Waals surface area contributed by atoms with E-state index in [9.17, 15) is 4.79 Å². The monoisotopic (exact) mass is 251 g/mol. The molecule has 1 aromatic rings. The maximum atomic E-state index is 10.7. The van der Waals surface area contributed by atoms with Crippen LogP contribution in [0.15, 0.2) is 0 Å². The Morgan fingerprint density at radius 3 is 2.33 bits per heavy atom. The maximum absolute atomic E-state index is 10.7. The van der Waals surface area contributed by atoms with Gasteiger partial charge in [-0.15, -0.1) is 0 Å². The highest BCUT2D eigenvalue weighted by Gasteiger charge is 2.09. The number of aryl methyl sites for hydroxylation is 1. The number of hydrogen-bond donors (Lipinski definition) is 3. The number of carbonyl (C=O) groups is 1. The van der Waals surface area contributed by atoms with Crippen molar-refractivity contribution in [2.45, 2.75) is 33.6 Å². The van der Waals surface area contributed by atoms with Crippen molar-refractivity contribution in [2.75, 3.05) is 23.7 Å². The van der Waals surface area contributed by atoms with Crippen LogP contribution in [-0.4, -0.2) is 29.0 Å². The molecule has 0 radical (unpaired) electrons. The largest absolute Gasteiger partial charge is 0.370 e. The SMILES string of the molecule is CCNc1nc(CC)nc(NCCC(N)=O)c1C. The molecule has 6 heteroatoms. The fourth-order valence-electron chi connectivity index (χ4n) is 1.54. The van der Waals surface area contributed by atoms with E-state index in [1.807, 2.05) is 20.8 Å². The Morgan fingerprint density at radius 2 is 1.83 bits per heavy atom. The molecule has 0 saturated carbocycles. The van der Waals surface area contributed by atoms with E-state index >= 15 is 0 Å². The molecule has 0 spiro atoms. The van der Waals surface area contributed by atoms with Crippen LogP contribution in [0.25, 0.3) is 0 Å². The second kappa shape index (κ2) is 6.78. The van der Waals surface area contributed by atoms with E-state index in [1.165, 1.54) is 0 Å².